The Hall–Kier alpha value is -3.09. The summed E-state index contributed by atoms with van der Waals surface area (Å²) in [4.78, 5) is 45.3. The molecule has 2 aromatic rings. The van der Waals surface area contributed by atoms with Gasteiger partial charge in [-0.05, 0) is 44.2 Å². The van der Waals surface area contributed by atoms with Gasteiger partial charge in [-0.2, -0.15) is 0 Å². The van der Waals surface area contributed by atoms with Crippen molar-refractivity contribution in [3.05, 3.63) is 49.6 Å². The highest BCUT2D eigenvalue weighted by molar-refractivity contribution is 9.09. The molecule has 1 aromatic heterocycles. The number of hydrogen-bond donors (Lipinski definition) is 1. The zero-order chi connectivity index (χ0) is 30.6. The maximum absolute atomic E-state index is 14.6. The van der Waals surface area contributed by atoms with Crippen LogP contribution in [0, 0.1) is 11.8 Å². The lowest BCUT2D eigenvalue weighted by molar-refractivity contribution is -0.155. The molecule has 3 aliphatic rings. The van der Waals surface area contributed by atoms with Crippen molar-refractivity contribution in [2.75, 3.05) is 26.3 Å². The van der Waals surface area contributed by atoms with Crippen LogP contribution in [-0.4, -0.2) is 96.6 Å². The Morgan fingerprint density at radius 1 is 1.19 bits per heavy atom. The van der Waals surface area contributed by atoms with Crippen LogP contribution < -0.4 is 0 Å². The van der Waals surface area contributed by atoms with Gasteiger partial charge in [0.15, 0.2) is 0 Å². The van der Waals surface area contributed by atoms with E-state index in [1.807, 2.05) is 24.3 Å². The normalized spacial score (nSPS) is 27.4. The standard InChI is InChI=1S/C31H40BrN5O6/c1-3-5-12-18-42-30(41)24-25-28(39)36(16-10-6-7-11-17-38)27(31(25)19-21(32)26(24)43-31)29(40)35(15-4-2)20-37-23-14-9-8-13-22(23)33-34-37/h3-4,8-9,13-14,21,24-27,38H,1-2,5-7,10-12,15-20H2/t21?,24-,25+,26-,27?,31?/m1/s1. The number of alkyl halides is 1. The number of allylic oxidation sites excluding steroid dienone is 1. The van der Waals surface area contributed by atoms with E-state index in [2.05, 4.69) is 39.4 Å². The average molecular weight is 659 g/mol. The molecule has 0 saturated carbocycles. The molecule has 0 radical (unpaired) electrons. The summed E-state index contributed by atoms with van der Waals surface area (Å²) in [5.74, 6) is -2.63. The number of unbranched alkanes of at least 4 members (excludes halogenated alkanes) is 4. The van der Waals surface area contributed by atoms with Crippen LogP contribution in [0.1, 0.15) is 44.9 Å². The first kappa shape index (κ1) is 31.3. The molecule has 3 fully saturated rings. The molecule has 43 heavy (non-hydrogen) atoms. The molecule has 1 aromatic carbocycles. The van der Waals surface area contributed by atoms with Crippen molar-refractivity contribution in [2.24, 2.45) is 11.8 Å². The monoisotopic (exact) mass is 657 g/mol. The lowest BCUT2D eigenvalue weighted by Crippen LogP contribution is -2.57. The molecule has 4 heterocycles. The molecule has 3 unspecified atom stereocenters. The van der Waals surface area contributed by atoms with E-state index in [-0.39, 0.29) is 43.1 Å². The van der Waals surface area contributed by atoms with Gasteiger partial charge in [0.2, 0.25) is 11.8 Å². The highest BCUT2D eigenvalue weighted by Gasteiger charge is 2.77. The Morgan fingerprint density at radius 2 is 1.98 bits per heavy atom. The van der Waals surface area contributed by atoms with E-state index in [0.717, 1.165) is 18.4 Å². The molecule has 6 atom stereocenters. The summed E-state index contributed by atoms with van der Waals surface area (Å²) >= 11 is 3.71. The zero-order valence-corrected chi connectivity index (χ0v) is 25.9. The maximum atomic E-state index is 14.6. The SMILES string of the molecule is C=CCCCOC(=O)[C@H]1[C@@H]2OC3(CC2Br)C(C(=O)N(CC=C)Cn2nnc4ccccc42)N(CCCCCCO)C(=O)[C@H]13. The van der Waals surface area contributed by atoms with Crippen LogP contribution in [0.4, 0.5) is 0 Å². The highest BCUT2D eigenvalue weighted by atomic mass is 79.9. The van der Waals surface area contributed by atoms with E-state index >= 15 is 0 Å². The highest BCUT2D eigenvalue weighted by Crippen LogP contribution is 2.60. The Balaban J connectivity index is 1.46. The van der Waals surface area contributed by atoms with E-state index < -0.39 is 35.6 Å². The predicted octanol–water partition coefficient (Wildman–Crippen LogP) is 3.21. The number of aliphatic hydroxyl groups excluding tert-OH is 1. The minimum atomic E-state index is -1.17. The summed E-state index contributed by atoms with van der Waals surface area (Å²) in [5, 5.41) is 17.7. The number of nitrogens with zero attached hydrogens (tertiary/aromatic N) is 5. The van der Waals surface area contributed by atoms with E-state index in [4.69, 9.17) is 9.47 Å². The molecule has 0 aliphatic carbocycles. The molecular formula is C31H40BrN5O6. The van der Waals surface area contributed by atoms with E-state index in [9.17, 15) is 19.5 Å². The summed E-state index contributed by atoms with van der Waals surface area (Å²) in [6.45, 7) is 8.59. The van der Waals surface area contributed by atoms with Crippen LogP contribution in [0.15, 0.2) is 49.6 Å². The number of carbonyl (C=O) groups is 3. The molecule has 11 nitrogen and oxygen atoms in total. The second-order valence-electron chi connectivity index (χ2n) is 11.5. The number of aliphatic hydroxyl groups is 1. The number of rotatable bonds is 16. The van der Waals surface area contributed by atoms with Crippen molar-refractivity contribution in [1.29, 1.82) is 0 Å². The first-order valence-electron chi connectivity index (χ1n) is 15.1. The van der Waals surface area contributed by atoms with Crippen molar-refractivity contribution in [2.45, 2.75) is 74.2 Å². The fourth-order valence-electron chi connectivity index (χ4n) is 6.89. The first-order chi connectivity index (χ1) is 20.9. The van der Waals surface area contributed by atoms with Crippen LogP contribution >= 0.6 is 15.9 Å². The molecule has 2 amide bonds. The summed E-state index contributed by atoms with van der Waals surface area (Å²) in [6, 6.07) is 6.58. The van der Waals surface area contributed by atoms with Crippen LogP contribution in [-0.2, 0) is 30.5 Å². The topological polar surface area (TPSA) is 127 Å². The molecule has 1 spiro atoms. The van der Waals surface area contributed by atoms with Crippen molar-refractivity contribution >= 4 is 44.7 Å². The average Bonchev–Trinajstić information content (AvgIpc) is 3.72. The second kappa shape index (κ2) is 13.7. The van der Waals surface area contributed by atoms with Crippen molar-refractivity contribution in [3.8, 4) is 0 Å². The second-order valence-corrected chi connectivity index (χ2v) is 12.7. The quantitative estimate of drug-likeness (QED) is 0.126. The first-order valence-corrected chi connectivity index (χ1v) is 16.0. The molecular weight excluding hydrogens is 618 g/mol. The third-order valence-electron chi connectivity index (χ3n) is 8.79. The Labute approximate surface area is 260 Å². The minimum absolute atomic E-state index is 0.108. The molecule has 3 saturated heterocycles. The fourth-order valence-corrected chi connectivity index (χ4v) is 7.84. The third kappa shape index (κ3) is 5.88. The summed E-state index contributed by atoms with van der Waals surface area (Å²) in [7, 11) is 0. The largest absolute Gasteiger partial charge is 0.465 e. The summed E-state index contributed by atoms with van der Waals surface area (Å²) in [5.41, 5.74) is 0.316. The molecule has 3 aliphatic heterocycles. The number of halogens is 1. The summed E-state index contributed by atoms with van der Waals surface area (Å²) in [6.07, 6.45) is 7.56. The van der Waals surface area contributed by atoms with Crippen LogP contribution in [0.2, 0.25) is 0 Å². The smallest absolute Gasteiger partial charge is 0.312 e. The number of benzene rings is 1. The van der Waals surface area contributed by atoms with Gasteiger partial charge in [-0.25, -0.2) is 4.68 Å². The Bertz CT molecular complexity index is 1350. The number of amides is 2. The molecule has 12 heteroatoms. The molecule has 5 rings (SSSR count). The number of hydrogen-bond acceptors (Lipinski definition) is 8. The lowest BCUT2D eigenvalue weighted by atomic mass is 9.70. The number of fused-ring (bicyclic) bond motifs is 2. The van der Waals surface area contributed by atoms with Crippen molar-refractivity contribution < 1.29 is 29.0 Å². The van der Waals surface area contributed by atoms with Gasteiger partial charge < -0.3 is 24.4 Å². The van der Waals surface area contributed by atoms with Crippen LogP contribution in [0.25, 0.3) is 11.0 Å². The number of para-hydroxylation sites is 1. The number of likely N-dealkylation sites (tertiary alicyclic amines) is 1. The predicted molar refractivity (Wildman–Crippen MR) is 163 cm³/mol. The molecule has 2 bridgehead atoms. The summed E-state index contributed by atoms with van der Waals surface area (Å²) < 4.78 is 13.9. The van der Waals surface area contributed by atoms with Crippen LogP contribution in [0.5, 0.6) is 0 Å². The van der Waals surface area contributed by atoms with E-state index in [1.165, 1.54) is 0 Å². The van der Waals surface area contributed by atoms with Gasteiger partial charge in [0.1, 0.15) is 23.8 Å². The van der Waals surface area contributed by atoms with Gasteiger partial charge in [0, 0.05) is 24.5 Å². The van der Waals surface area contributed by atoms with Crippen molar-refractivity contribution in [1.82, 2.24) is 24.8 Å². The lowest BCUT2D eigenvalue weighted by Gasteiger charge is -2.37. The van der Waals surface area contributed by atoms with E-state index in [0.29, 0.717) is 44.2 Å². The Kier molecular flexibility index (Phi) is 9.98. The van der Waals surface area contributed by atoms with Gasteiger partial charge in [-0.15, -0.1) is 18.3 Å². The van der Waals surface area contributed by atoms with Gasteiger partial charge in [-0.3, -0.25) is 14.4 Å². The van der Waals surface area contributed by atoms with Crippen LogP contribution in [0.3, 0.4) is 0 Å². The Morgan fingerprint density at radius 3 is 2.74 bits per heavy atom. The molecule has 1 N–H and O–H groups in total. The fraction of sp³-hybridized carbons (Fsp3) is 0.581. The maximum Gasteiger partial charge on any atom is 0.312 e. The number of esters is 1. The van der Waals surface area contributed by atoms with Gasteiger partial charge in [0.05, 0.1) is 30.1 Å². The van der Waals surface area contributed by atoms with Gasteiger partial charge in [-0.1, -0.05) is 58.3 Å². The van der Waals surface area contributed by atoms with E-state index in [1.54, 1.807) is 26.6 Å². The minimum Gasteiger partial charge on any atom is -0.465 e. The van der Waals surface area contributed by atoms with Gasteiger partial charge in [0.25, 0.3) is 0 Å². The zero-order valence-electron chi connectivity index (χ0n) is 24.4. The van der Waals surface area contributed by atoms with Gasteiger partial charge >= 0.3 is 5.97 Å². The third-order valence-corrected chi connectivity index (χ3v) is 9.63. The number of carbonyl (C=O) groups excluding carboxylic acids is 3. The van der Waals surface area contributed by atoms with Crippen molar-refractivity contribution in [3.63, 3.8) is 0 Å². The number of ether oxygens (including phenoxy) is 2. The number of aromatic nitrogens is 3. The molecule has 232 valence electrons.